The van der Waals surface area contributed by atoms with Gasteiger partial charge in [-0.3, -0.25) is 0 Å². The van der Waals surface area contributed by atoms with Crippen molar-refractivity contribution in [3.63, 3.8) is 0 Å². The molecule has 0 aliphatic carbocycles. The van der Waals surface area contributed by atoms with E-state index >= 15 is 0 Å². The van der Waals surface area contributed by atoms with Crippen LogP contribution in [0.15, 0.2) is 0 Å². The van der Waals surface area contributed by atoms with E-state index < -0.39 is 0 Å². The molecule has 0 fully saturated rings. The molecule has 0 saturated heterocycles. The number of unbranched alkanes of at least 4 members (excludes halogenated alkanes) is 6. The van der Waals surface area contributed by atoms with Crippen molar-refractivity contribution in [3.8, 4) is 0 Å². The van der Waals surface area contributed by atoms with Gasteiger partial charge in [-0.05, 0) is 32.7 Å². The number of rotatable bonds is 16. The van der Waals surface area contributed by atoms with E-state index in [0.717, 1.165) is 26.2 Å². The van der Waals surface area contributed by atoms with Gasteiger partial charge >= 0.3 is 0 Å². The molecule has 3 nitrogen and oxygen atoms in total. The lowest BCUT2D eigenvalue weighted by atomic mass is 10.0. The fourth-order valence-electron chi connectivity index (χ4n) is 2.56. The predicted octanol–water partition coefficient (Wildman–Crippen LogP) is 3.86. The first-order valence-electron chi connectivity index (χ1n) is 8.87. The van der Waals surface area contributed by atoms with Gasteiger partial charge in [0.2, 0.25) is 0 Å². The monoisotopic (exact) mass is 286 g/mol. The molecule has 3 N–H and O–H groups in total. The molecule has 0 heterocycles. The molecular formula is C17H38N2O. The summed E-state index contributed by atoms with van der Waals surface area (Å²) in [5.41, 5.74) is 5.46. The van der Waals surface area contributed by atoms with Crippen LogP contribution in [0.1, 0.15) is 78.1 Å². The van der Waals surface area contributed by atoms with E-state index in [1.54, 1.807) is 0 Å². The van der Waals surface area contributed by atoms with Crippen LogP contribution in [0.5, 0.6) is 0 Å². The van der Waals surface area contributed by atoms with Gasteiger partial charge in [-0.2, -0.15) is 0 Å². The molecule has 0 aliphatic rings. The summed E-state index contributed by atoms with van der Waals surface area (Å²) in [4.78, 5) is 0. The molecule has 0 radical (unpaired) electrons. The Morgan fingerprint density at radius 2 is 1.50 bits per heavy atom. The largest absolute Gasteiger partial charge is 0.379 e. The van der Waals surface area contributed by atoms with Crippen LogP contribution in [-0.4, -0.2) is 32.3 Å². The van der Waals surface area contributed by atoms with E-state index in [1.807, 2.05) is 0 Å². The summed E-state index contributed by atoms with van der Waals surface area (Å²) in [5, 5.41) is 3.35. The fourth-order valence-corrected chi connectivity index (χ4v) is 2.56. The maximum atomic E-state index is 5.84. The molecule has 1 unspecified atom stereocenters. The molecule has 0 bridgehead atoms. The van der Waals surface area contributed by atoms with Gasteiger partial charge in [0.25, 0.3) is 0 Å². The highest BCUT2D eigenvalue weighted by atomic mass is 16.5. The normalized spacial score (nSPS) is 12.8. The van der Waals surface area contributed by atoms with E-state index in [0.29, 0.717) is 6.10 Å². The third-order valence-electron chi connectivity index (χ3n) is 3.73. The molecule has 0 rings (SSSR count). The first-order chi connectivity index (χ1) is 9.85. The zero-order chi connectivity index (χ0) is 14.9. The summed E-state index contributed by atoms with van der Waals surface area (Å²) in [6.45, 7) is 7.94. The number of hydrogen-bond acceptors (Lipinski definition) is 3. The Hall–Kier alpha value is -0.120. The predicted molar refractivity (Wildman–Crippen MR) is 89.2 cm³/mol. The third kappa shape index (κ3) is 14.3. The van der Waals surface area contributed by atoms with Crippen molar-refractivity contribution >= 4 is 0 Å². The van der Waals surface area contributed by atoms with Crippen molar-refractivity contribution in [2.75, 3.05) is 26.2 Å². The van der Waals surface area contributed by atoms with Gasteiger partial charge in [-0.1, -0.05) is 51.9 Å². The van der Waals surface area contributed by atoms with Gasteiger partial charge in [-0.25, -0.2) is 0 Å². The summed E-state index contributed by atoms with van der Waals surface area (Å²) in [6, 6.07) is 0. The van der Waals surface area contributed by atoms with E-state index in [1.165, 1.54) is 64.2 Å². The molecule has 0 aromatic carbocycles. The van der Waals surface area contributed by atoms with E-state index in [4.69, 9.17) is 10.5 Å². The summed E-state index contributed by atoms with van der Waals surface area (Å²) >= 11 is 0. The van der Waals surface area contributed by atoms with E-state index in [2.05, 4.69) is 19.2 Å². The zero-order valence-electron chi connectivity index (χ0n) is 14.0. The lowest BCUT2D eigenvalue weighted by Gasteiger charge is -2.17. The highest BCUT2D eigenvalue weighted by Gasteiger charge is 2.07. The molecule has 0 saturated carbocycles. The van der Waals surface area contributed by atoms with Crippen molar-refractivity contribution in [3.05, 3.63) is 0 Å². The van der Waals surface area contributed by atoms with E-state index in [9.17, 15) is 0 Å². The second-order valence-corrected chi connectivity index (χ2v) is 5.67. The van der Waals surface area contributed by atoms with Crippen molar-refractivity contribution in [1.29, 1.82) is 0 Å². The second kappa shape index (κ2) is 16.9. The first kappa shape index (κ1) is 19.9. The van der Waals surface area contributed by atoms with Crippen molar-refractivity contribution in [2.45, 2.75) is 84.2 Å². The fraction of sp³-hybridized carbons (Fsp3) is 1.00. The van der Waals surface area contributed by atoms with E-state index in [-0.39, 0.29) is 0 Å². The maximum absolute atomic E-state index is 5.84. The summed E-state index contributed by atoms with van der Waals surface area (Å²) in [6.07, 6.45) is 13.7. The third-order valence-corrected chi connectivity index (χ3v) is 3.73. The lowest BCUT2D eigenvalue weighted by Crippen LogP contribution is -2.24. The SMILES string of the molecule is CCCCCCCCCC(CCCNCCN)OCC. The molecule has 0 aromatic heterocycles. The second-order valence-electron chi connectivity index (χ2n) is 5.67. The van der Waals surface area contributed by atoms with Gasteiger partial charge in [0.05, 0.1) is 6.10 Å². The Bertz CT molecular complexity index is 176. The average molecular weight is 287 g/mol. The van der Waals surface area contributed by atoms with Crippen LogP contribution in [0.2, 0.25) is 0 Å². The molecule has 20 heavy (non-hydrogen) atoms. The Balaban J connectivity index is 3.44. The Morgan fingerprint density at radius 1 is 0.850 bits per heavy atom. The number of nitrogens with two attached hydrogens (primary N) is 1. The van der Waals surface area contributed by atoms with Gasteiger partial charge in [-0.15, -0.1) is 0 Å². The highest BCUT2D eigenvalue weighted by molar-refractivity contribution is 4.61. The van der Waals surface area contributed by atoms with Crippen LogP contribution in [-0.2, 0) is 4.74 Å². The van der Waals surface area contributed by atoms with Crippen molar-refractivity contribution in [2.24, 2.45) is 5.73 Å². The Morgan fingerprint density at radius 3 is 2.15 bits per heavy atom. The van der Waals surface area contributed by atoms with Crippen LogP contribution in [0.3, 0.4) is 0 Å². The topological polar surface area (TPSA) is 47.3 Å². The van der Waals surface area contributed by atoms with Gasteiger partial charge in [0.15, 0.2) is 0 Å². The molecule has 1 atom stereocenters. The minimum Gasteiger partial charge on any atom is -0.379 e. The number of nitrogens with one attached hydrogen (secondary N) is 1. The molecule has 0 aliphatic heterocycles. The average Bonchev–Trinajstić information content (AvgIpc) is 2.46. The highest BCUT2D eigenvalue weighted by Crippen LogP contribution is 2.14. The number of hydrogen-bond donors (Lipinski definition) is 2. The van der Waals surface area contributed by atoms with Gasteiger partial charge in [0, 0.05) is 19.7 Å². The molecule has 0 spiro atoms. The molecular weight excluding hydrogens is 248 g/mol. The Kier molecular flexibility index (Phi) is 16.8. The van der Waals surface area contributed by atoms with Crippen LogP contribution < -0.4 is 11.1 Å². The molecule has 0 amide bonds. The zero-order valence-corrected chi connectivity index (χ0v) is 14.0. The molecule has 122 valence electrons. The molecule has 3 heteroatoms. The minimum atomic E-state index is 0.468. The van der Waals surface area contributed by atoms with Crippen molar-refractivity contribution < 1.29 is 4.74 Å². The van der Waals surface area contributed by atoms with Crippen LogP contribution in [0, 0.1) is 0 Å². The summed E-state index contributed by atoms with van der Waals surface area (Å²) < 4.78 is 5.84. The molecule has 0 aromatic rings. The van der Waals surface area contributed by atoms with Gasteiger partial charge in [0.1, 0.15) is 0 Å². The Labute approximate surface area is 127 Å². The standard InChI is InChI=1S/C17H38N2O/c1-3-5-6-7-8-9-10-12-17(20-4-2)13-11-15-19-16-14-18/h17,19H,3-16,18H2,1-2H3. The lowest BCUT2D eigenvalue weighted by molar-refractivity contribution is 0.0475. The summed E-state index contributed by atoms with van der Waals surface area (Å²) in [7, 11) is 0. The summed E-state index contributed by atoms with van der Waals surface area (Å²) in [5.74, 6) is 0. The smallest absolute Gasteiger partial charge is 0.0575 e. The minimum absolute atomic E-state index is 0.468. The van der Waals surface area contributed by atoms with Crippen LogP contribution >= 0.6 is 0 Å². The first-order valence-corrected chi connectivity index (χ1v) is 8.87. The van der Waals surface area contributed by atoms with Crippen molar-refractivity contribution in [1.82, 2.24) is 5.32 Å². The quantitative estimate of drug-likeness (QED) is 0.424. The van der Waals surface area contributed by atoms with Crippen LogP contribution in [0.4, 0.5) is 0 Å². The van der Waals surface area contributed by atoms with Crippen LogP contribution in [0.25, 0.3) is 0 Å². The maximum Gasteiger partial charge on any atom is 0.0575 e. The number of ether oxygens (including phenoxy) is 1. The van der Waals surface area contributed by atoms with Gasteiger partial charge < -0.3 is 15.8 Å².